The minimum Gasteiger partial charge on any atom is -0.394 e. The average Bonchev–Trinajstić information content (AvgIpc) is 2.94. The summed E-state index contributed by atoms with van der Waals surface area (Å²) in [5.41, 5.74) is 0. The van der Waals surface area contributed by atoms with Gasteiger partial charge in [-0.25, -0.2) is 0 Å². The van der Waals surface area contributed by atoms with E-state index in [2.05, 4.69) is 16.0 Å². The molecule has 11 N–H and O–H groups in total. The Morgan fingerprint density at radius 3 is 1.51 bits per heavy atom. The van der Waals surface area contributed by atoms with Crippen molar-refractivity contribution in [2.24, 2.45) is 0 Å². The van der Waals surface area contributed by atoms with E-state index in [9.17, 15) is 55.2 Å². The van der Waals surface area contributed by atoms with E-state index < -0.39 is 129 Å². The molecule has 3 rings (SSSR count). The Balaban J connectivity index is 1.97. The first-order valence-electron chi connectivity index (χ1n) is 13.5. The summed E-state index contributed by atoms with van der Waals surface area (Å²) in [5.74, 6) is -1.99. The normalized spacial score (nSPS) is 43.5. The van der Waals surface area contributed by atoms with Gasteiger partial charge in [0.2, 0.25) is 17.7 Å². The number of hydrogen-bond acceptors (Lipinski definition) is 16. The molecule has 0 aromatic heterocycles. The van der Waals surface area contributed by atoms with Crippen LogP contribution in [0.2, 0.25) is 0 Å². The molecular weight excluding hydrogens is 586 g/mol. The monoisotopic (exact) mass is 627 g/mol. The van der Waals surface area contributed by atoms with Crippen LogP contribution in [-0.4, -0.2) is 170 Å². The van der Waals surface area contributed by atoms with Gasteiger partial charge in [0, 0.05) is 20.8 Å². The predicted molar refractivity (Wildman–Crippen MR) is 136 cm³/mol. The zero-order valence-electron chi connectivity index (χ0n) is 23.6. The van der Waals surface area contributed by atoms with Crippen molar-refractivity contribution in [2.75, 3.05) is 19.8 Å². The van der Waals surface area contributed by atoms with E-state index in [-0.39, 0.29) is 0 Å². The second-order valence-electron chi connectivity index (χ2n) is 10.5. The molecule has 0 aliphatic carbocycles. The lowest BCUT2D eigenvalue weighted by molar-refractivity contribution is -0.349. The van der Waals surface area contributed by atoms with Crippen LogP contribution < -0.4 is 16.0 Å². The van der Waals surface area contributed by atoms with E-state index >= 15 is 0 Å². The van der Waals surface area contributed by atoms with Crippen LogP contribution in [0.1, 0.15) is 20.8 Å². The number of carbonyl (C=O) groups is 3. The fraction of sp³-hybridized carbons (Fsp3) is 0.875. The molecule has 3 aliphatic heterocycles. The summed E-state index contributed by atoms with van der Waals surface area (Å²) >= 11 is 0. The summed E-state index contributed by atoms with van der Waals surface area (Å²) in [5, 5.41) is 89.9. The standard InChI is InChI=1S/C24H41N3O16/c1-7(31)25-13-19(37)20(12(6-30)39-22(13)38)42-24-15(27-9(3)33)21(17(35)11(5-29)41-24)43-23-14(26-8(2)32)18(36)16(34)10(4-28)40-23/h10-24,28-30,34-38H,4-6H2,1-3H3,(H,25,31)(H,26,32)(H,27,33)/t10-,11-,12-,13-,14-,15-,16+,17-,18-,19-,20-,21-,22-,23+,24+/m1/s1. The highest BCUT2D eigenvalue weighted by Gasteiger charge is 2.54. The quantitative estimate of drug-likeness (QED) is 0.107. The third kappa shape index (κ3) is 8.14. The molecule has 3 fully saturated rings. The highest BCUT2D eigenvalue weighted by Crippen LogP contribution is 2.32. The van der Waals surface area contributed by atoms with Crippen LogP contribution in [0.25, 0.3) is 0 Å². The van der Waals surface area contributed by atoms with Gasteiger partial charge in [-0.3, -0.25) is 14.4 Å². The van der Waals surface area contributed by atoms with Gasteiger partial charge in [-0.2, -0.15) is 0 Å². The molecule has 15 atom stereocenters. The van der Waals surface area contributed by atoms with Gasteiger partial charge in [-0.15, -0.1) is 0 Å². The van der Waals surface area contributed by atoms with Gasteiger partial charge in [0.05, 0.1) is 19.8 Å². The van der Waals surface area contributed by atoms with Gasteiger partial charge >= 0.3 is 0 Å². The van der Waals surface area contributed by atoms with Crippen molar-refractivity contribution in [3.63, 3.8) is 0 Å². The zero-order valence-corrected chi connectivity index (χ0v) is 23.6. The summed E-state index contributed by atoms with van der Waals surface area (Å²) in [6.07, 6.45) is -19.2. The largest absolute Gasteiger partial charge is 0.394 e. The molecule has 0 unspecified atom stereocenters. The van der Waals surface area contributed by atoms with Crippen molar-refractivity contribution in [3.8, 4) is 0 Å². The van der Waals surface area contributed by atoms with Gasteiger partial charge < -0.3 is 80.5 Å². The molecule has 0 aromatic carbocycles. The van der Waals surface area contributed by atoms with Gasteiger partial charge in [0.25, 0.3) is 0 Å². The topological polar surface area (TPSA) is 295 Å². The molecule has 3 heterocycles. The lowest BCUT2D eigenvalue weighted by Crippen LogP contribution is -2.71. The second-order valence-corrected chi connectivity index (χ2v) is 10.5. The van der Waals surface area contributed by atoms with Crippen LogP contribution in [0.5, 0.6) is 0 Å². The van der Waals surface area contributed by atoms with Crippen molar-refractivity contribution in [1.29, 1.82) is 0 Å². The molecule has 0 aromatic rings. The molecule has 19 nitrogen and oxygen atoms in total. The summed E-state index contributed by atoms with van der Waals surface area (Å²) in [6.45, 7) is 0.963. The molecule has 0 saturated carbocycles. The number of aliphatic hydroxyl groups is 8. The van der Waals surface area contributed by atoms with Crippen LogP contribution >= 0.6 is 0 Å². The Hall–Kier alpha value is -2.11. The SMILES string of the molecule is CC(=O)N[C@@H]1[C@@H](O)[C@H](O[C@@H]2O[C@H](CO)[C@@H](O)[C@H](O[C@@H]3O[C@H](CO)[C@H](O)[C@H](O)[C@H]3NC(C)=O)[C@H]2NC(C)=O)[C@@H](CO)O[C@H]1O. The molecule has 43 heavy (non-hydrogen) atoms. The molecular formula is C24H41N3O16. The van der Waals surface area contributed by atoms with E-state index in [1.165, 1.54) is 0 Å². The van der Waals surface area contributed by atoms with Gasteiger partial charge in [-0.05, 0) is 0 Å². The minimum absolute atomic E-state index is 0.635. The molecule has 3 saturated heterocycles. The Labute approximate surface area is 245 Å². The van der Waals surface area contributed by atoms with Crippen molar-refractivity contribution < 1.29 is 78.9 Å². The van der Waals surface area contributed by atoms with Gasteiger partial charge in [0.15, 0.2) is 18.9 Å². The van der Waals surface area contributed by atoms with E-state index in [4.69, 9.17) is 23.7 Å². The average molecular weight is 628 g/mol. The number of nitrogens with one attached hydrogen (secondary N) is 3. The van der Waals surface area contributed by atoms with E-state index in [0.29, 0.717) is 0 Å². The van der Waals surface area contributed by atoms with Crippen LogP contribution in [0.3, 0.4) is 0 Å². The predicted octanol–water partition coefficient (Wildman–Crippen LogP) is -7.14. The molecule has 0 bridgehead atoms. The Morgan fingerprint density at radius 2 is 1.00 bits per heavy atom. The van der Waals surface area contributed by atoms with Gasteiger partial charge in [0.1, 0.15) is 73.1 Å². The van der Waals surface area contributed by atoms with Crippen LogP contribution in [0.15, 0.2) is 0 Å². The maximum Gasteiger partial charge on any atom is 0.217 e. The summed E-state index contributed by atoms with van der Waals surface area (Å²) in [4.78, 5) is 35.8. The summed E-state index contributed by atoms with van der Waals surface area (Å²) in [7, 11) is 0. The molecule has 0 spiro atoms. The lowest BCUT2D eigenvalue weighted by atomic mass is 9.93. The van der Waals surface area contributed by atoms with Crippen molar-refractivity contribution in [3.05, 3.63) is 0 Å². The molecule has 0 radical (unpaired) electrons. The van der Waals surface area contributed by atoms with E-state index in [1.54, 1.807) is 0 Å². The number of ether oxygens (including phenoxy) is 5. The number of carbonyl (C=O) groups excluding carboxylic acids is 3. The first-order valence-corrected chi connectivity index (χ1v) is 13.5. The summed E-state index contributed by atoms with van der Waals surface area (Å²) in [6, 6.07) is -4.34. The van der Waals surface area contributed by atoms with Crippen LogP contribution in [-0.2, 0) is 38.1 Å². The highest BCUT2D eigenvalue weighted by atomic mass is 16.7. The maximum absolute atomic E-state index is 12.3. The van der Waals surface area contributed by atoms with Crippen molar-refractivity contribution >= 4 is 17.7 Å². The molecule has 248 valence electrons. The number of amides is 3. The van der Waals surface area contributed by atoms with E-state index in [1.807, 2.05) is 0 Å². The Bertz CT molecular complexity index is 962. The zero-order chi connectivity index (χ0) is 32.2. The smallest absolute Gasteiger partial charge is 0.217 e. The third-order valence-corrected chi connectivity index (χ3v) is 7.30. The maximum atomic E-state index is 12.3. The number of aliphatic hydroxyl groups excluding tert-OH is 8. The highest BCUT2D eigenvalue weighted by molar-refractivity contribution is 5.74. The molecule has 3 aliphatic rings. The summed E-state index contributed by atoms with van der Waals surface area (Å²) < 4.78 is 28.4. The van der Waals surface area contributed by atoms with Crippen LogP contribution in [0.4, 0.5) is 0 Å². The third-order valence-electron chi connectivity index (χ3n) is 7.30. The first-order chi connectivity index (χ1) is 20.2. The van der Waals surface area contributed by atoms with E-state index in [0.717, 1.165) is 20.8 Å². The Morgan fingerprint density at radius 1 is 0.558 bits per heavy atom. The lowest BCUT2D eigenvalue weighted by Gasteiger charge is -2.50. The van der Waals surface area contributed by atoms with Crippen molar-refractivity contribution in [1.82, 2.24) is 16.0 Å². The van der Waals surface area contributed by atoms with Crippen LogP contribution in [0, 0.1) is 0 Å². The Kier molecular flexibility index (Phi) is 12.5. The fourth-order valence-electron chi connectivity index (χ4n) is 5.27. The number of hydrogen-bond donors (Lipinski definition) is 11. The number of rotatable bonds is 10. The minimum atomic E-state index is -1.74. The fourth-order valence-corrected chi connectivity index (χ4v) is 5.27. The van der Waals surface area contributed by atoms with Crippen molar-refractivity contribution in [2.45, 2.75) is 113 Å². The van der Waals surface area contributed by atoms with Gasteiger partial charge in [-0.1, -0.05) is 0 Å². The molecule has 3 amide bonds. The second kappa shape index (κ2) is 15.3. The first kappa shape index (κ1) is 35.4. The molecule has 19 heteroatoms.